The van der Waals surface area contributed by atoms with Crippen LogP contribution < -0.4 is 9.64 Å². The molecule has 3 nitrogen and oxygen atoms in total. The fraction of sp³-hybridized carbons (Fsp3) is 0.300. The molecule has 1 aromatic rings. The van der Waals surface area contributed by atoms with Crippen LogP contribution in [0.3, 0.4) is 0 Å². The van der Waals surface area contributed by atoms with E-state index in [-0.39, 0.29) is 0 Å². The highest BCUT2D eigenvalue weighted by Crippen LogP contribution is 2.32. The zero-order valence-corrected chi connectivity index (χ0v) is 7.49. The molecule has 0 fully saturated rings. The Morgan fingerprint density at radius 3 is 3.15 bits per heavy atom. The first kappa shape index (κ1) is 8.10. The number of hydrogen-bond donors (Lipinski definition) is 0. The molecule has 1 aliphatic rings. The van der Waals surface area contributed by atoms with Gasteiger partial charge >= 0.3 is 0 Å². The third-order valence-corrected chi connectivity index (χ3v) is 2.22. The first-order chi connectivity index (χ1) is 6.33. The number of fused-ring (bicyclic) bond motifs is 1. The molecule has 0 aliphatic carbocycles. The number of likely N-dealkylation sites (N-methyl/N-ethyl adjacent to an activating group) is 1. The number of hydrogen-bond acceptors (Lipinski definition) is 3. The van der Waals surface area contributed by atoms with Crippen LogP contribution in [0.2, 0.25) is 0 Å². The number of nitrogens with zero attached hydrogens (tertiary/aromatic N) is 1. The number of carbonyl (C=O) groups is 1. The smallest absolute Gasteiger partial charge is 0.152 e. The molecular formula is C10H11NO2. The fourth-order valence-electron chi connectivity index (χ4n) is 1.56. The zero-order chi connectivity index (χ0) is 9.26. The Kier molecular flexibility index (Phi) is 1.93. The lowest BCUT2D eigenvalue weighted by Crippen LogP contribution is -2.29. The largest absolute Gasteiger partial charge is 0.490 e. The zero-order valence-electron chi connectivity index (χ0n) is 7.49. The van der Waals surface area contributed by atoms with Crippen molar-refractivity contribution in [2.24, 2.45) is 0 Å². The van der Waals surface area contributed by atoms with Gasteiger partial charge in [-0.05, 0) is 12.1 Å². The molecule has 0 bridgehead atoms. The summed E-state index contributed by atoms with van der Waals surface area (Å²) in [4.78, 5) is 12.8. The number of carbonyl (C=O) groups excluding carboxylic acids is 1. The molecule has 1 aliphatic heterocycles. The number of aldehydes is 1. The lowest BCUT2D eigenvalue weighted by atomic mass is 10.1. The molecule has 0 saturated heterocycles. The number of ether oxygens (including phenoxy) is 1. The van der Waals surface area contributed by atoms with Gasteiger partial charge in [-0.15, -0.1) is 0 Å². The van der Waals surface area contributed by atoms with Crippen molar-refractivity contribution in [1.82, 2.24) is 0 Å². The predicted molar refractivity (Wildman–Crippen MR) is 50.6 cm³/mol. The first-order valence-electron chi connectivity index (χ1n) is 4.25. The van der Waals surface area contributed by atoms with E-state index in [4.69, 9.17) is 4.74 Å². The lowest BCUT2D eigenvalue weighted by Gasteiger charge is -2.28. The summed E-state index contributed by atoms with van der Waals surface area (Å²) in [6.45, 7) is 1.52. The van der Waals surface area contributed by atoms with E-state index in [0.29, 0.717) is 12.2 Å². The average Bonchev–Trinajstić information content (AvgIpc) is 2.17. The van der Waals surface area contributed by atoms with Gasteiger partial charge in [-0.3, -0.25) is 4.79 Å². The molecule has 0 spiro atoms. The van der Waals surface area contributed by atoms with Crippen LogP contribution in [0.4, 0.5) is 5.69 Å². The van der Waals surface area contributed by atoms with Gasteiger partial charge in [0, 0.05) is 12.6 Å². The summed E-state index contributed by atoms with van der Waals surface area (Å²) in [5, 5.41) is 0. The van der Waals surface area contributed by atoms with Crippen LogP contribution in [-0.4, -0.2) is 26.5 Å². The highest BCUT2D eigenvalue weighted by Gasteiger charge is 2.17. The molecule has 0 saturated carbocycles. The molecule has 3 heteroatoms. The van der Waals surface area contributed by atoms with E-state index in [1.165, 1.54) is 0 Å². The predicted octanol–water partition coefficient (Wildman–Crippen LogP) is 1.33. The summed E-state index contributed by atoms with van der Waals surface area (Å²) in [6, 6.07) is 5.52. The second kappa shape index (κ2) is 3.09. The van der Waals surface area contributed by atoms with Crippen molar-refractivity contribution in [1.29, 1.82) is 0 Å². The molecule has 1 aromatic carbocycles. The fourth-order valence-corrected chi connectivity index (χ4v) is 1.56. The van der Waals surface area contributed by atoms with Gasteiger partial charge in [-0.25, -0.2) is 0 Å². The molecule has 68 valence electrons. The SMILES string of the molecule is CN1CCOc2cccc(C=O)c21. The second-order valence-electron chi connectivity index (χ2n) is 3.08. The monoisotopic (exact) mass is 177 g/mol. The van der Waals surface area contributed by atoms with E-state index >= 15 is 0 Å². The van der Waals surface area contributed by atoms with E-state index in [9.17, 15) is 4.79 Å². The quantitative estimate of drug-likeness (QED) is 0.606. The van der Waals surface area contributed by atoms with Crippen LogP contribution in [-0.2, 0) is 0 Å². The summed E-state index contributed by atoms with van der Waals surface area (Å²) in [7, 11) is 1.97. The average molecular weight is 177 g/mol. The van der Waals surface area contributed by atoms with Crippen LogP contribution in [0.1, 0.15) is 10.4 Å². The van der Waals surface area contributed by atoms with Gasteiger partial charge in [0.25, 0.3) is 0 Å². The van der Waals surface area contributed by atoms with E-state index < -0.39 is 0 Å². The van der Waals surface area contributed by atoms with Crippen molar-refractivity contribution in [3.63, 3.8) is 0 Å². The van der Waals surface area contributed by atoms with Crippen molar-refractivity contribution in [2.75, 3.05) is 25.1 Å². The Balaban J connectivity index is 2.56. The van der Waals surface area contributed by atoms with Crippen molar-refractivity contribution in [3.8, 4) is 5.75 Å². The molecule has 2 rings (SSSR count). The maximum Gasteiger partial charge on any atom is 0.152 e. The van der Waals surface area contributed by atoms with Gasteiger partial charge in [-0.1, -0.05) is 6.07 Å². The third-order valence-electron chi connectivity index (χ3n) is 2.22. The van der Waals surface area contributed by atoms with Gasteiger partial charge in [-0.2, -0.15) is 0 Å². The number of para-hydroxylation sites is 1. The summed E-state index contributed by atoms with van der Waals surface area (Å²) < 4.78 is 5.44. The molecule has 0 unspecified atom stereocenters. The minimum Gasteiger partial charge on any atom is -0.490 e. The van der Waals surface area contributed by atoms with Crippen LogP contribution in [0.15, 0.2) is 18.2 Å². The van der Waals surface area contributed by atoms with Crippen molar-refractivity contribution in [3.05, 3.63) is 23.8 Å². The molecule has 13 heavy (non-hydrogen) atoms. The van der Waals surface area contributed by atoms with Crippen molar-refractivity contribution in [2.45, 2.75) is 0 Å². The summed E-state index contributed by atoms with van der Waals surface area (Å²) in [6.07, 6.45) is 0.865. The van der Waals surface area contributed by atoms with E-state index in [1.54, 1.807) is 6.07 Å². The maximum absolute atomic E-state index is 10.7. The molecule has 0 amide bonds. The second-order valence-corrected chi connectivity index (χ2v) is 3.08. The summed E-state index contributed by atoms with van der Waals surface area (Å²) in [5.41, 5.74) is 1.60. The van der Waals surface area contributed by atoms with E-state index in [0.717, 1.165) is 24.3 Å². The van der Waals surface area contributed by atoms with Gasteiger partial charge in [0.15, 0.2) is 6.29 Å². The molecule has 0 atom stereocenters. The Morgan fingerprint density at radius 1 is 1.54 bits per heavy atom. The molecule has 0 aromatic heterocycles. The van der Waals surface area contributed by atoms with Crippen molar-refractivity contribution < 1.29 is 9.53 Å². The van der Waals surface area contributed by atoms with Crippen molar-refractivity contribution >= 4 is 12.0 Å². The number of benzene rings is 1. The van der Waals surface area contributed by atoms with Crippen LogP contribution in [0.25, 0.3) is 0 Å². The van der Waals surface area contributed by atoms with E-state index in [2.05, 4.69) is 0 Å². The van der Waals surface area contributed by atoms with Crippen LogP contribution in [0, 0.1) is 0 Å². The van der Waals surface area contributed by atoms with Crippen LogP contribution in [0.5, 0.6) is 5.75 Å². The van der Waals surface area contributed by atoms with Gasteiger partial charge in [0.1, 0.15) is 12.4 Å². The van der Waals surface area contributed by atoms with Crippen LogP contribution >= 0.6 is 0 Å². The minimum atomic E-state index is 0.686. The Labute approximate surface area is 76.9 Å². The molecular weight excluding hydrogens is 166 g/mol. The molecule has 0 radical (unpaired) electrons. The Hall–Kier alpha value is -1.51. The normalized spacial score (nSPS) is 14.7. The third kappa shape index (κ3) is 1.26. The topological polar surface area (TPSA) is 29.5 Å². The van der Waals surface area contributed by atoms with Gasteiger partial charge < -0.3 is 9.64 Å². The highest BCUT2D eigenvalue weighted by atomic mass is 16.5. The number of anilines is 1. The number of rotatable bonds is 1. The van der Waals surface area contributed by atoms with Gasteiger partial charge in [0.05, 0.1) is 12.2 Å². The Morgan fingerprint density at radius 2 is 2.38 bits per heavy atom. The standard InChI is InChI=1S/C10H11NO2/c1-11-5-6-13-9-4-2-3-8(7-12)10(9)11/h2-4,7H,5-6H2,1H3. The maximum atomic E-state index is 10.7. The minimum absolute atomic E-state index is 0.686. The Bertz CT molecular complexity index is 336. The molecule has 0 N–H and O–H groups in total. The molecule has 1 heterocycles. The lowest BCUT2D eigenvalue weighted by molar-refractivity contribution is 0.112. The summed E-state index contributed by atoms with van der Waals surface area (Å²) >= 11 is 0. The summed E-state index contributed by atoms with van der Waals surface area (Å²) in [5.74, 6) is 0.804. The first-order valence-corrected chi connectivity index (χ1v) is 4.25. The van der Waals surface area contributed by atoms with Gasteiger partial charge in [0.2, 0.25) is 0 Å². The van der Waals surface area contributed by atoms with E-state index in [1.807, 2.05) is 24.1 Å². The highest BCUT2D eigenvalue weighted by molar-refractivity contribution is 5.87.